The maximum atomic E-state index is 10.8. The van der Waals surface area contributed by atoms with Gasteiger partial charge in [0.1, 0.15) is 0 Å². The Balaban J connectivity index is 0.00000280. The van der Waals surface area contributed by atoms with Crippen LogP contribution in [0.4, 0.5) is 0 Å². The van der Waals surface area contributed by atoms with E-state index in [2.05, 4.69) is 0 Å². The van der Waals surface area contributed by atoms with E-state index in [-0.39, 0.29) is 49.3 Å². The van der Waals surface area contributed by atoms with Gasteiger partial charge in [-0.1, -0.05) is 52.9 Å². The Kier molecular flexibility index (Phi) is 11.9. The summed E-state index contributed by atoms with van der Waals surface area (Å²) in [6.45, 7) is 0.420. The quantitative estimate of drug-likeness (QED) is 0.252. The Hall–Kier alpha value is 1.30. The van der Waals surface area contributed by atoms with E-state index >= 15 is 0 Å². The fourth-order valence-corrected chi connectivity index (χ4v) is 10.8. The summed E-state index contributed by atoms with van der Waals surface area (Å²) in [6, 6.07) is 0. The number of rotatable bonds is 8. The number of ether oxygens (including phenoxy) is 1. The van der Waals surface area contributed by atoms with E-state index in [4.69, 9.17) is 4.74 Å². The van der Waals surface area contributed by atoms with Gasteiger partial charge in [-0.25, -0.2) is 8.42 Å². The van der Waals surface area contributed by atoms with Crippen LogP contribution >= 0.6 is 7.92 Å². The maximum Gasteiger partial charge on any atom is 1.00 e. The van der Waals surface area contributed by atoms with Gasteiger partial charge in [0.05, 0.1) is 16.2 Å². The summed E-state index contributed by atoms with van der Waals surface area (Å²) in [5.41, 5.74) is 2.84. The molecule has 0 aromatic heterocycles. The van der Waals surface area contributed by atoms with E-state index in [1.807, 2.05) is 0 Å². The molecule has 3 saturated carbocycles. The van der Waals surface area contributed by atoms with Crippen molar-refractivity contribution in [3.8, 4) is 0 Å². The van der Waals surface area contributed by atoms with E-state index in [9.17, 15) is 13.0 Å². The van der Waals surface area contributed by atoms with Gasteiger partial charge < -0.3 is 9.29 Å². The van der Waals surface area contributed by atoms with Crippen LogP contribution < -0.4 is 29.6 Å². The summed E-state index contributed by atoms with van der Waals surface area (Å²) >= 11 is 0. The third-order valence-corrected chi connectivity index (χ3v) is 11.7. The van der Waals surface area contributed by atoms with E-state index in [0.717, 1.165) is 23.4 Å². The minimum absolute atomic E-state index is 0. The standard InChI is InChI=1S/C21H39O4PS.Na/c22-27(23,24)16-8-15-25-18-9-7-14-21(17-18)26(19-10-3-1-4-11-19)20-12-5-2-6-13-20;/h18-21H,1-17H2,(H,22,23,24);/q;+1/p-1. The zero-order chi connectivity index (χ0) is 19.1. The van der Waals surface area contributed by atoms with Crippen LogP contribution in [0.15, 0.2) is 0 Å². The second kappa shape index (κ2) is 13.0. The molecule has 2 unspecified atom stereocenters. The summed E-state index contributed by atoms with van der Waals surface area (Å²) in [5, 5.41) is 0. The van der Waals surface area contributed by atoms with Crippen LogP contribution in [0.3, 0.4) is 0 Å². The molecule has 7 heteroatoms. The molecule has 0 bridgehead atoms. The first-order valence-electron chi connectivity index (χ1n) is 11.4. The van der Waals surface area contributed by atoms with Gasteiger partial charge in [-0.15, -0.1) is 0 Å². The van der Waals surface area contributed by atoms with Crippen molar-refractivity contribution in [2.24, 2.45) is 0 Å². The van der Waals surface area contributed by atoms with Crippen molar-refractivity contribution in [1.29, 1.82) is 0 Å². The summed E-state index contributed by atoms with van der Waals surface area (Å²) in [5.74, 6) is -0.292. The number of hydrogen-bond acceptors (Lipinski definition) is 4. The van der Waals surface area contributed by atoms with E-state index in [1.165, 1.54) is 83.5 Å². The molecule has 3 aliphatic rings. The zero-order valence-electron chi connectivity index (χ0n) is 17.8. The average Bonchev–Trinajstić information content (AvgIpc) is 2.67. The Labute approximate surface area is 196 Å². The smallest absolute Gasteiger partial charge is 0.748 e. The molecule has 0 radical (unpaired) electrons. The molecule has 3 rings (SSSR count). The van der Waals surface area contributed by atoms with Gasteiger partial charge in [0, 0.05) is 12.4 Å². The first-order valence-corrected chi connectivity index (χ1v) is 14.5. The van der Waals surface area contributed by atoms with Crippen molar-refractivity contribution < 1.29 is 47.3 Å². The van der Waals surface area contributed by atoms with Crippen LogP contribution in [0.5, 0.6) is 0 Å². The van der Waals surface area contributed by atoms with E-state index in [1.54, 1.807) is 0 Å². The molecule has 0 N–H and O–H groups in total. The van der Waals surface area contributed by atoms with Crippen LogP contribution in [0.25, 0.3) is 0 Å². The van der Waals surface area contributed by atoms with Gasteiger partial charge in [-0.2, -0.15) is 0 Å². The Morgan fingerprint density at radius 1 is 0.786 bits per heavy atom. The van der Waals surface area contributed by atoms with Crippen LogP contribution in [0.2, 0.25) is 0 Å². The largest absolute Gasteiger partial charge is 1.00 e. The van der Waals surface area contributed by atoms with E-state index in [0.29, 0.717) is 13.0 Å². The van der Waals surface area contributed by atoms with Gasteiger partial charge in [0.25, 0.3) is 0 Å². The van der Waals surface area contributed by atoms with Crippen molar-refractivity contribution >= 4 is 18.0 Å². The molecule has 0 saturated heterocycles. The summed E-state index contributed by atoms with van der Waals surface area (Å²) in [6.07, 6.45) is 20.0. The summed E-state index contributed by atoms with van der Waals surface area (Å²) < 4.78 is 38.3. The molecular weight excluding hydrogens is 402 g/mol. The average molecular weight is 441 g/mol. The van der Waals surface area contributed by atoms with Gasteiger partial charge >= 0.3 is 29.6 Å². The molecule has 4 nitrogen and oxygen atoms in total. The second-order valence-corrected chi connectivity index (χ2v) is 13.6. The Morgan fingerprint density at radius 2 is 1.32 bits per heavy atom. The second-order valence-electron chi connectivity index (χ2n) is 8.96. The molecule has 0 aromatic rings. The van der Waals surface area contributed by atoms with E-state index < -0.39 is 10.1 Å². The van der Waals surface area contributed by atoms with Crippen molar-refractivity contribution in [3.63, 3.8) is 0 Å². The molecule has 0 heterocycles. The predicted octanol–water partition coefficient (Wildman–Crippen LogP) is 2.40. The van der Waals surface area contributed by atoms with Crippen LogP contribution in [0, 0.1) is 0 Å². The van der Waals surface area contributed by atoms with Crippen molar-refractivity contribution in [2.45, 2.75) is 119 Å². The molecule has 0 aromatic carbocycles. The van der Waals surface area contributed by atoms with Crippen LogP contribution in [-0.2, 0) is 14.9 Å². The minimum Gasteiger partial charge on any atom is -0.748 e. The molecule has 3 fully saturated rings. The molecule has 0 amide bonds. The summed E-state index contributed by atoms with van der Waals surface area (Å²) in [4.78, 5) is 0. The van der Waals surface area contributed by atoms with Crippen LogP contribution in [0.1, 0.15) is 96.3 Å². The number of hydrogen-bond donors (Lipinski definition) is 0. The van der Waals surface area contributed by atoms with Crippen molar-refractivity contribution in [2.75, 3.05) is 12.4 Å². The van der Waals surface area contributed by atoms with Gasteiger partial charge in [0.15, 0.2) is 0 Å². The Bertz CT molecular complexity index is 515. The first-order chi connectivity index (χ1) is 13.0. The Morgan fingerprint density at radius 3 is 1.86 bits per heavy atom. The molecule has 158 valence electrons. The molecule has 28 heavy (non-hydrogen) atoms. The minimum atomic E-state index is -4.11. The van der Waals surface area contributed by atoms with Gasteiger partial charge in [-0.3, -0.25) is 0 Å². The molecule has 0 spiro atoms. The normalized spacial score (nSPS) is 28.2. The maximum absolute atomic E-state index is 10.8. The van der Waals surface area contributed by atoms with Crippen molar-refractivity contribution in [3.05, 3.63) is 0 Å². The SMILES string of the molecule is O=S(=O)([O-])CCCOC1CCCC(P(C2CCCCC2)C2CCCCC2)C1.[Na+]. The van der Waals surface area contributed by atoms with Crippen LogP contribution in [-0.4, -0.2) is 48.4 Å². The third-order valence-electron chi connectivity index (χ3n) is 6.90. The van der Waals surface area contributed by atoms with Crippen molar-refractivity contribution in [1.82, 2.24) is 0 Å². The molecule has 2 atom stereocenters. The zero-order valence-corrected chi connectivity index (χ0v) is 21.5. The van der Waals surface area contributed by atoms with Gasteiger partial charge in [-0.05, 0) is 68.3 Å². The first kappa shape index (κ1) is 25.6. The van der Waals surface area contributed by atoms with Gasteiger partial charge in [0.2, 0.25) is 0 Å². The monoisotopic (exact) mass is 440 g/mol. The topological polar surface area (TPSA) is 66.4 Å². The molecule has 3 aliphatic carbocycles. The molecular formula is C21H38NaO4PS. The third kappa shape index (κ3) is 8.44. The predicted molar refractivity (Wildman–Crippen MR) is 112 cm³/mol. The summed E-state index contributed by atoms with van der Waals surface area (Å²) in [7, 11) is -4.01. The molecule has 0 aliphatic heterocycles. The fraction of sp³-hybridized carbons (Fsp3) is 1.00. The fourth-order valence-electron chi connectivity index (χ4n) is 5.68.